The summed E-state index contributed by atoms with van der Waals surface area (Å²) in [5.74, 6) is 0.0632. The number of rotatable bonds is 1. The van der Waals surface area contributed by atoms with Crippen LogP contribution in [0.3, 0.4) is 0 Å². The first-order valence-electron chi connectivity index (χ1n) is 4.91. The van der Waals surface area contributed by atoms with Crippen molar-refractivity contribution in [1.29, 1.82) is 0 Å². The molecule has 0 aromatic carbocycles. The molecule has 0 spiro atoms. The average molecular weight is 193 g/mol. The Morgan fingerprint density at radius 1 is 1.57 bits per heavy atom. The van der Waals surface area contributed by atoms with E-state index in [9.17, 15) is 10.2 Å². The molecule has 3 heteroatoms. The summed E-state index contributed by atoms with van der Waals surface area (Å²) in [5.41, 5.74) is 0.446. The van der Waals surface area contributed by atoms with Crippen LogP contribution >= 0.6 is 0 Å². The average Bonchev–Trinajstić information content (AvgIpc) is 2.42. The molecule has 0 bridgehead atoms. The van der Waals surface area contributed by atoms with Gasteiger partial charge in [-0.1, -0.05) is 19.9 Å². The molecule has 1 aromatic heterocycles. The summed E-state index contributed by atoms with van der Waals surface area (Å²) in [6.07, 6.45) is 1.44. The van der Waals surface area contributed by atoms with Gasteiger partial charge in [-0.25, -0.2) is 0 Å². The molecule has 0 fully saturated rings. The number of aliphatic hydroxyl groups is 2. The molecule has 1 aliphatic rings. The van der Waals surface area contributed by atoms with Crippen LogP contribution in [0.25, 0.3) is 0 Å². The van der Waals surface area contributed by atoms with Gasteiger partial charge in [-0.2, -0.15) is 0 Å². The first-order chi connectivity index (χ1) is 6.55. The Hall–Kier alpha value is -0.930. The highest BCUT2D eigenvalue weighted by molar-refractivity contribution is 5.33. The molecule has 1 aromatic rings. The zero-order valence-corrected chi connectivity index (χ0v) is 8.44. The summed E-state index contributed by atoms with van der Waals surface area (Å²) in [4.78, 5) is 4.17. The standard InChI is InChI=1S/C11H15NO2/c1-7(2)11(14)6-9(13)8-4-3-5-12-10(8)11/h3-5,7,9,13-14H,6H2,1-2H3. The summed E-state index contributed by atoms with van der Waals surface area (Å²) in [6, 6.07) is 3.61. The lowest BCUT2D eigenvalue weighted by molar-refractivity contribution is -0.0356. The first-order valence-corrected chi connectivity index (χ1v) is 4.91. The van der Waals surface area contributed by atoms with E-state index in [4.69, 9.17) is 0 Å². The van der Waals surface area contributed by atoms with Crippen LogP contribution in [0.1, 0.15) is 37.6 Å². The molecular weight excluding hydrogens is 178 g/mol. The minimum atomic E-state index is -0.962. The molecule has 2 N–H and O–H groups in total. The smallest absolute Gasteiger partial charge is 0.112 e. The van der Waals surface area contributed by atoms with E-state index < -0.39 is 11.7 Å². The van der Waals surface area contributed by atoms with E-state index in [1.807, 2.05) is 19.9 Å². The Balaban J connectivity index is 2.54. The van der Waals surface area contributed by atoms with Crippen LogP contribution in [0.15, 0.2) is 18.3 Å². The lowest BCUT2D eigenvalue weighted by atomic mass is 9.88. The largest absolute Gasteiger partial charge is 0.388 e. The third kappa shape index (κ3) is 1.16. The van der Waals surface area contributed by atoms with Crippen molar-refractivity contribution in [1.82, 2.24) is 4.98 Å². The van der Waals surface area contributed by atoms with Gasteiger partial charge < -0.3 is 10.2 Å². The highest BCUT2D eigenvalue weighted by Gasteiger charge is 2.45. The second-order valence-electron chi connectivity index (χ2n) is 4.24. The van der Waals surface area contributed by atoms with Gasteiger partial charge in [0.1, 0.15) is 5.60 Å². The normalized spacial score (nSPS) is 30.8. The zero-order valence-electron chi connectivity index (χ0n) is 8.44. The molecule has 1 heterocycles. The SMILES string of the molecule is CC(C)C1(O)CC(O)c2cccnc21. The number of aromatic nitrogens is 1. The van der Waals surface area contributed by atoms with Crippen molar-refractivity contribution in [3.63, 3.8) is 0 Å². The van der Waals surface area contributed by atoms with Gasteiger partial charge in [-0.15, -0.1) is 0 Å². The van der Waals surface area contributed by atoms with E-state index >= 15 is 0 Å². The highest BCUT2D eigenvalue weighted by atomic mass is 16.3. The van der Waals surface area contributed by atoms with Gasteiger partial charge in [0.15, 0.2) is 0 Å². The van der Waals surface area contributed by atoms with Crippen LogP contribution in [0, 0.1) is 5.92 Å². The van der Waals surface area contributed by atoms with Crippen molar-refractivity contribution in [3.05, 3.63) is 29.6 Å². The Morgan fingerprint density at radius 3 is 2.93 bits per heavy atom. The number of aliphatic hydroxyl groups excluding tert-OH is 1. The van der Waals surface area contributed by atoms with Gasteiger partial charge in [-0.3, -0.25) is 4.98 Å². The monoisotopic (exact) mass is 193 g/mol. The van der Waals surface area contributed by atoms with Crippen LogP contribution in [0.4, 0.5) is 0 Å². The number of pyridine rings is 1. The number of hydrogen-bond acceptors (Lipinski definition) is 3. The second kappa shape index (κ2) is 3.04. The fraction of sp³-hybridized carbons (Fsp3) is 0.545. The molecule has 0 radical (unpaired) electrons. The Labute approximate surface area is 83.4 Å². The lowest BCUT2D eigenvalue weighted by Crippen LogP contribution is -2.30. The molecule has 0 amide bonds. The lowest BCUT2D eigenvalue weighted by Gasteiger charge is -2.27. The predicted molar refractivity (Wildman–Crippen MR) is 52.5 cm³/mol. The topological polar surface area (TPSA) is 53.4 Å². The second-order valence-corrected chi connectivity index (χ2v) is 4.24. The summed E-state index contributed by atoms with van der Waals surface area (Å²) >= 11 is 0. The van der Waals surface area contributed by atoms with E-state index in [0.29, 0.717) is 12.1 Å². The van der Waals surface area contributed by atoms with Gasteiger partial charge in [0.25, 0.3) is 0 Å². The summed E-state index contributed by atoms with van der Waals surface area (Å²) in [7, 11) is 0. The minimum absolute atomic E-state index is 0.0632. The van der Waals surface area contributed by atoms with Crippen molar-refractivity contribution in [2.24, 2.45) is 5.92 Å². The van der Waals surface area contributed by atoms with Gasteiger partial charge >= 0.3 is 0 Å². The predicted octanol–water partition coefficient (Wildman–Crippen LogP) is 1.36. The van der Waals surface area contributed by atoms with Crippen molar-refractivity contribution in [3.8, 4) is 0 Å². The van der Waals surface area contributed by atoms with E-state index in [0.717, 1.165) is 5.56 Å². The highest BCUT2D eigenvalue weighted by Crippen LogP contribution is 2.45. The maximum atomic E-state index is 10.4. The fourth-order valence-corrected chi connectivity index (χ4v) is 2.06. The summed E-state index contributed by atoms with van der Waals surface area (Å²) in [6.45, 7) is 3.88. The van der Waals surface area contributed by atoms with E-state index in [1.54, 1.807) is 12.3 Å². The van der Waals surface area contributed by atoms with E-state index in [1.165, 1.54) is 0 Å². The Kier molecular flexibility index (Phi) is 2.09. The molecule has 2 unspecified atom stereocenters. The van der Waals surface area contributed by atoms with Crippen molar-refractivity contribution in [2.45, 2.75) is 32.0 Å². The molecule has 1 aliphatic carbocycles. The molecule has 2 rings (SSSR count). The van der Waals surface area contributed by atoms with Gasteiger partial charge in [0.2, 0.25) is 0 Å². The molecule has 2 atom stereocenters. The molecule has 3 nitrogen and oxygen atoms in total. The number of fused-ring (bicyclic) bond motifs is 1. The molecule has 0 saturated carbocycles. The van der Waals surface area contributed by atoms with Crippen molar-refractivity contribution in [2.75, 3.05) is 0 Å². The van der Waals surface area contributed by atoms with Gasteiger partial charge in [-0.05, 0) is 12.0 Å². The third-order valence-corrected chi connectivity index (χ3v) is 3.07. The molecule has 76 valence electrons. The van der Waals surface area contributed by atoms with Crippen LogP contribution in [-0.4, -0.2) is 15.2 Å². The Morgan fingerprint density at radius 2 is 2.29 bits per heavy atom. The first kappa shape index (κ1) is 9.62. The van der Waals surface area contributed by atoms with E-state index in [-0.39, 0.29) is 5.92 Å². The van der Waals surface area contributed by atoms with Crippen molar-refractivity contribution >= 4 is 0 Å². The molecule has 14 heavy (non-hydrogen) atoms. The van der Waals surface area contributed by atoms with Crippen molar-refractivity contribution < 1.29 is 10.2 Å². The quantitative estimate of drug-likeness (QED) is 0.708. The summed E-state index contributed by atoms with van der Waals surface area (Å²) < 4.78 is 0. The van der Waals surface area contributed by atoms with Gasteiger partial charge in [0.05, 0.1) is 11.8 Å². The third-order valence-electron chi connectivity index (χ3n) is 3.07. The van der Waals surface area contributed by atoms with Gasteiger partial charge in [0, 0.05) is 18.2 Å². The summed E-state index contributed by atoms with van der Waals surface area (Å²) in [5, 5.41) is 20.1. The fourth-order valence-electron chi connectivity index (χ4n) is 2.06. The zero-order chi connectivity index (χ0) is 10.3. The molecule has 0 saturated heterocycles. The van der Waals surface area contributed by atoms with Crippen LogP contribution < -0.4 is 0 Å². The number of nitrogens with zero attached hydrogens (tertiary/aromatic N) is 1. The Bertz CT molecular complexity index is 351. The van der Waals surface area contributed by atoms with Crippen LogP contribution in [-0.2, 0) is 5.60 Å². The minimum Gasteiger partial charge on any atom is -0.388 e. The number of hydrogen-bond donors (Lipinski definition) is 2. The van der Waals surface area contributed by atoms with Crippen LogP contribution in [0.2, 0.25) is 0 Å². The molecule has 0 aliphatic heterocycles. The maximum Gasteiger partial charge on any atom is 0.112 e. The maximum absolute atomic E-state index is 10.4. The van der Waals surface area contributed by atoms with E-state index in [2.05, 4.69) is 4.98 Å². The van der Waals surface area contributed by atoms with Crippen LogP contribution in [0.5, 0.6) is 0 Å². The molecular formula is C11H15NO2.